The topological polar surface area (TPSA) is 77.1 Å². The Bertz CT molecular complexity index is 458. The number of methoxy groups -OCH3 is 1. The summed E-state index contributed by atoms with van der Waals surface area (Å²) in [6, 6.07) is 5.35. The number of ether oxygens (including phenoxy) is 2. The van der Waals surface area contributed by atoms with Crippen molar-refractivity contribution in [3.8, 4) is 5.75 Å². The predicted molar refractivity (Wildman–Crippen MR) is 79.2 cm³/mol. The molecular weight excluding hydrogens is 256 g/mol. The van der Waals surface area contributed by atoms with E-state index >= 15 is 0 Å². The smallest absolute Gasteiger partial charge is 0.170 e. The second-order valence-electron chi connectivity index (χ2n) is 5.26. The van der Waals surface area contributed by atoms with Gasteiger partial charge in [-0.3, -0.25) is 0 Å². The first-order valence-corrected chi connectivity index (χ1v) is 6.74. The zero-order valence-electron chi connectivity index (χ0n) is 12.6. The van der Waals surface area contributed by atoms with Crippen LogP contribution < -0.4 is 10.5 Å². The van der Waals surface area contributed by atoms with Crippen LogP contribution in [0.1, 0.15) is 38.3 Å². The first-order chi connectivity index (χ1) is 9.47. The molecule has 20 heavy (non-hydrogen) atoms. The van der Waals surface area contributed by atoms with Crippen LogP contribution in [0.2, 0.25) is 0 Å². The van der Waals surface area contributed by atoms with Crippen LogP contribution in [0.4, 0.5) is 0 Å². The molecule has 3 N–H and O–H groups in total. The van der Waals surface area contributed by atoms with Gasteiger partial charge in [0.05, 0.1) is 19.8 Å². The average Bonchev–Trinajstić information content (AvgIpc) is 2.43. The maximum atomic E-state index is 8.72. The number of hydrogen-bond acceptors (Lipinski definition) is 4. The van der Waals surface area contributed by atoms with Gasteiger partial charge in [0.25, 0.3) is 0 Å². The number of nitrogens with two attached hydrogens (primary N) is 1. The summed E-state index contributed by atoms with van der Waals surface area (Å²) in [5.41, 5.74) is 7.12. The minimum atomic E-state index is 0.0733. The third kappa shape index (κ3) is 4.74. The highest BCUT2D eigenvalue weighted by Gasteiger charge is 2.10. The van der Waals surface area contributed by atoms with Gasteiger partial charge >= 0.3 is 0 Å². The van der Waals surface area contributed by atoms with Crippen molar-refractivity contribution in [3.05, 3.63) is 29.3 Å². The van der Waals surface area contributed by atoms with Crippen LogP contribution in [-0.4, -0.2) is 24.3 Å². The summed E-state index contributed by atoms with van der Waals surface area (Å²) in [4.78, 5) is 0. The van der Waals surface area contributed by atoms with Crippen LogP contribution in [0.5, 0.6) is 5.75 Å². The second-order valence-corrected chi connectivity index (χ2v) is 5.26. The molecule has 0 spiro atoms. The van der Waals surface area contributed by atoms with Gasteiger partial charge in [0.15, 0.2) is 5.84 Å². The third-order valence-corrected chi connectivity index (χ3v) is 3.01. The fourth-order valence-electron chi connectivity index (χ4n) is 2.07. The fourth-order valence-corrected chi connectivity index (χ4v) is 2.07. The lowest BCUT2D eigenvalue weighted by Crippen LogP contribution is -2.15. The quantitative estimate of drug-likeness (QED) is 0.348. The SMILES string of the molecule is COc1ccc(/C(N)=N/O)cc1COC(C)CC(C)C. The number of hydrogen-bond donors (Lipinski definition) is 2. The molecule has 0 aliphatic carbocycles. The molecule has 1 rings (SSSR count). The standard InChI is InChI=1S/C15H24N2O3/c1-10(2)7-11(3)20-9-13-8-12(15(16)17-18)5-6-14(13)19-4/h5-6,8,10-11,18H,7,9H2,1-4H3,(H2,16,17). The Kier molecular flexibility index (Phi) is 6.31. The Morgan fingerprint density at radius 1 is 1.35 bits per heavy atom. The monoisotopic (exact) mass is 280 g/mol. The van der Waals surface area contributed by atoms with E-state index in [2.05, 4.69) is 25.9 Å². The summed E-state index contributed by atoms with van der Waals surface area (Å²) in [5.74, 6) is 1.40. The number of oxime groups is 1. The molecule has 1 unspecified atom stereocenters. The van der Waals surface area contributed by atoms with Crippen LogP contribution in [0.15, 0.2) is 23.4 Å². The number of amidine groups is 1. The highest BCUT2D eigenvalue weighted by molar-refractivity contribution is 5.97. The highest BCUT2D eigenvalue weighted by Crippen LogP contribution is 2.22. The Morgan fingerprint density at radius 3 is 2.60 bits per heavy atom. The zero-order valence-corrected chi connectivity index (χ0v) is 12.6. The minimum Gasteiger partial charge on any atom is -0.496 e. The molecule has 5 nitrogen and oxygen atoms in total. The van der Waals surface area contributed by atoms with E-state index in [4.69, 9.17) is 20.4 Å². The summed E-state index contributed by atoms with van der Waals surface area (Å²) < 4.78 is 11.1. The van der Waals surface area contributed by atoms with E-state index in [1.165, 1.54) is 0 Å². The molecule has 1 aromatic carbocycles. The van der Waals surface area contributed by atoms with Crippen molar-refractivity contribution in [2.75, 3.05) is 7.11 Å². The summed E-state index contributed by atoms with van der Waals surface area (Å²) in [7, 11) is 1.61. The average molecular weight is 280 g/mol. The van der Waals surface area contributed by atoms with Gasteiger partial charge in [0.2, 0.25) is 0 Å². The van der Waals surface area contributed by atoms with Gasteiger partial charge in [-0.15, -0.1) is 0 Å². The molecular formula is C15H24N2O3. The zero-order chi connectivity index (χ0) is 15.1. The summed E-state index contributed by atoms with van der Waals surface area (Å²) in [6.45, 7) is 6.82. The molecule has 0 aromatic heterocycles. The lowest BCUT2D eigenvalue weighted by Gasteiger charge is -2.17. The maximum Gasteiger partial charge on any atom is 0.170 e. The Morgan fingerprint density at radius 2 is 2.05 bits per heavy atom. The van der Waals surface area contributed by atoms with Crippen molar-refractivity contribution in [2.45, 2.75) is 39.9 Å². The van der Waals surface area contributed by atoms with E-state index in [9.17, 15) is 0 Å². The van der Waals surface area contributed by atoms with Gasteiger partial charge in [0, 0.05) is 11.1 Å². The van der Waals surface area contributed by atoms with Crippen LogP contribution in [0.25, 0.3) is 0 Å². The molecule has 0 fully saturated rings. The van der Waals surface area contributed by atoms with Crippen molar-refractivity contribution in [2.24, 2.45) is 16.8 Å². The molecule has 0 saturated carbocycles. The van der Waals surface area contributed by atoms with Crippen molar-refractivity contribution in [1.82, 2.24) is 0 Å². The van der Waals surface area contributed by atoms with Gasteiger partial charge in [0.1, 0.15) is 5.75 Å². The third-order valence-electron chi connectivity index (χ3n) is 3.01. The van der Waals surface area contributed by atoms with E-state index < -0.39 is 0 Å². The van der Waals surface area contributed by atoms with Gasteiger partial charge in [-0.2, -0.15) is 0 Å². The van der Waals surface area contributed by atoms with Crippen LogP contribution in [-0.2, 0) is 11.3 Å². The van der Waals surface area contributed by atoms with E-state index in [0.717, 1.165) is 17.7 Å². The Balaban J connectivity index is 2.81. The molecule has 1 aromatic rings. The molecule has 0 aliphatic heterocycles. The Labute approximate surface area is 120 Å². The van der Waals surface area contributed by atoms with Crippen molar-refractivity contribution < 1.29 is 14.7 Å². The second kappa shape index (κ2) is 7.75. The predicted octanol–water partition coefficient (Wildman–Crippen LogP) is 2.74. The van der Waals surface area contributed by atoms with Crippen molar-refractivity contribution >= 4 is 5.84 Å². The summed E-state index contributed by atoms with van der Waals surface area (Å²) in [6.07, 6.45) is 1.18. The number of nitrogens with zero attached hydrogens (tertiary/aromatic N) is 1. The van der Waals surface area contributed by atoms with Crippen molar-refractivity contribution in [3.63, 3.8) is 0 Å². The first-order valence-electron chi connectivity index (χ1n) is 6.74. The van der Waals surface area contributed by atoms with Crippen molar-refractivity contribution in [1.29, 1.82) is 0 Å². The minimum absolute atomic E-state index is 0.0733. The van der Waals surface area contributed by atoms with E-state index in [1.807, 2.05) is 6.07 Å². The summed E-state index contributed by atoms with van der Waals surface area (Å²) in [5, 5.41) is 11.7. The molecule has 5 heteroatoms. The Hall–Kier alpha value is -1.75. The summed E-state index contributed by atoms with van der Waals surface area (Å²) >= 11 is 0. The maximum absolute atomic E-state index is 8.72. The molecule has 0 saturated heterocycles. The van der Waals surface area contributed by atoms with Gasteiger partial charge < -0.3 is 20.4 Å². The molecule has 112 valence electrons. The normalized spacial score (nSPS) is 13.6. The molecule has 0 aliphatic rings. The van der Waals surface area contributed by atoms with Crippen LogP contribution in [0.3, 0.4) is 0 Å². The van der Waals surface area contributed by atoms with Gasteiger partial charge in [-0.1, -0.05) is 19.0 Å². The largest absolute Gasteiger partial charge is 0.496 e. The van der Waals surface area contributed by atoms with E-state index in [0.29, 0.717) is 18.1 Å². The number of benzene rings is 1. The van der Waals surface area contributed by atoms with Gasteiger partial charge in [-0.05, 0) is 37.5 Å². The first kappa shape index (κ1) is 16.3. The van der Waals surface area contributed by atoms with Gasteiger partial charge in [-0.25, -0.2) is 0 Å². The molecule has 1 atom stereocenters. The van der Waals surface area contributed by atoms with Crippen LogP contribution >= 0.6 is 0 Å². The van der Waals surface area contributed by atoms with E-state index in [1.54, 1.807) is 19.2 Å². The fraction of sp³-hybridized carbons (Fsp3) is 0.533. The van der Waals surface area contributed by atoms with E-state index in [-0.39, 0.29) is 11.9 Å². The highest BCUT2D eigenvalue weighted by atomic mass is 16.5. The molecule has 0 amide bonds. The molecule has 0 bridgehead atoms. The molecule has 0 heterocycles. The van der Waals surface area contributed by atoms with Crippen LogP contribution in [0, 0.1) is 5.92 Å². The molecule has 0 radical (unpaired) electrons. The lowest BCUT2D eigenvalue weighted by atomic mass is 10.1. The lowest BCUT2D eigenvalue weighted by molar-refractivity contribution is 0.0387. The number of rotatable bonds is 7.